The molecule has 0 bridgehead atoms. The highest BCUT2D eigenvalue weighted by atomic mass is 15.2. The molecule has 1 aromatic rings. The van der Waals surface area contributed by atoms with Gasteiger partial charge < -0.3 is 5.73 Å². The van der Waals surface area contributed by atoms with Gasteiger partial charge in [0.2, 0.25) is 0 Å². The van der Waals surface area contributed by atoms with Crippen molar-refractivity contribution in [1.29, 1.82) is 0 Å². The third-order valence-corrected chi connectivity index (χ3v) is 1.25. The Labute approximate surface area is 59.8 Å². The number of nitrogens with two attached hydrogens (primary N) is 1. The molecule has 0 aliphatic rings. The fourth-order valence-electron chi connectivity index (χ4n) is 0.761. The van der Waals surface area contributed by atoms with Crippen LogP contribution in [-0.4, -0.2) is 21.7 Å². The Morgan fingerprint density at radius 3 is 2.90 bits per heavy atom. The summed E-state index contributed by atoms with van der Waals surface area (Å²) >= 11 is 0. The van der Waals surface area contributed by atoms with Gasteiger partial charge in [-0.1, -0.05) is 0 Å². The Balaban J connectivity index is 2.42. The minimum absolute atomic E-state index is 0.702. The van der Waals surface area contributed by atoms with Crippen LogP contribution in [0.4, 0.5) is 0 Å². The lowest BCUT2D eigenvalue weighted by molar-refractivity contribution is 0.785. The van der Waals surface area contributed by atoms with Crippen LogP contribution in [0, 0.1) is 6.92 Å². The van der Waals surface area contributed by atoms with E-state index in [9.17, 15) is 0 Å². The molecule has 0 aromatic carbocycles. The SMILES string of the molecule is Cc1nc(CCCN)n[nH]1. The maximum absolute atomic E-state index is 5.32. The van der Waals surface area contributed by atoms with E-state index in [1.165, 1.54) is 0 Å². The Bertz CT molecular complexity index is 193. The van der Waals surface area contributed by atoms with Crippen LogP contribution in [0.25, 0.3) is 0 Å². The predicted octanol–water partition coefficient (Wildman–Crippen LogP) is 0.00442. The third-order valence-electron chi connectivity index (χ3n) is 1.25. The first-order valence-electron chi connectivity index (χ1n) is 3.41. The number of aryl methyl sites for hydroxylation is 2. The molecule has 0 amide bonds. The van der Waals surface area contributed by atoms with Gasteiger partial charge >= 0.3 is 0 Å². The van der Waals surface area contributed by atoms with E-state index >= 15 is 0 Å². The summed E-state index contributed by atoms with van der Waals surface area (Å²) in [5.74, 6) is 1.73. The number of nitrogens with one attached hydrogen (secondary N) is 1. The van der Waals surface area contributed by atoms with Crippen LogP contribution < -0.4 is 5.73 Å². The summed E-state index contributed by atoms with van der Waals surface area (Å²) in [7, 11) is 0. The summed E-state index contributed by atoms with van der Waals surface area (Å²) in [6, 6.07) is 0. The molecule has 0 fully saturated rings. The zero-order chi connectivity index (χ0) is 7.40. The molecule has 0 aliphatic carbocycles. The summed E-state index contributed by atoms with van der Waals surface area (Å²) in [5, 5.41) is 6.74. The number of hydrogen-bond donors (Lipinski definition) is 2. The standard InChI is InChI=1S/C6H12N4/c1-5-8-6(10-9-5)3-2-4-7/h2-4,7H2,1H3,(H,8,9,10). The fourth-order valence-corrected chi connectivity index (χ4v) is 0.761. The van der Waals surface area contributed by atoms with Gasteiger partial charge in [0.1, 0.15) is 5.82 Å². The average Bonchev–Trinajstić information content (AvgIpc) is 2.31. The van der Waals surface area contributed by atoms with Crippen LogP contribution in [0.2, 0.25) is 0 Å². The van der Waals surface area contributed by atoms with Crippen molar-refractivity contribution in [2.75, 3.05) is 6.54 Å². The van der Waals surface area contributed by atoms with E-state index in [1.54, 1.807) is 0 Å². The van der Waals surface area contributed by atoms with Crippen molar-refractivity contribution in [3.05, 3.63) is 11.6 Å². The van der Waals surface area contributed by atoms with Crippen LogP contribution in [-0.2, 0) is 6.42 Å². The van der Waals surface area contributed by atoms with Crippen molar-refractivity contribution in [3.8, 4) is 0 Å². The highest BCUT2D eigenvalue weighted by molar-refractivity contribution is 4.87. The molecule has 0 spiro atoms. The lowest BCUT2D eigenvalue weighted by atomic mass is 10.3. The molecule has 56 valence electrons. The molecule has 0 atom stereocenters. The predicted molar refractivity (Wildman–Crippen MR) is 38.5 cm³/mol. The van der Waals surface area contributed by atoms with E-state index in [1.807, 2.05) is 6.92 Å². The number of hydrogen-bond acceptors (Lipinski definition) is 3. The summed E-state index contributed by atoms with van der Waals surface area (Å²) in [6.45, 7) is 2.59. The highest BCUT2D eigenvalue weighted by Crippen LogP contribution is 1.93. The minimum Gasteiger partial charge on any atom is -0.330 e. The quantitative estimate of drug-likeness (QED) is 0.621. The van der Waals surface area contributed by atoms with E-state index in [-0.39, 0.29) is 0 Å². The molecule has 0 radical (unpaired) electrons. The van der Waals surface area contributed by atoms with Crippen LogP contribution in [0.5, 0.6) is 0 Å². The zero-order valence-corrected chi connectivity index (χ0v) is 6.09. The van der Waals surface area contributed by atoms with Crippen LogP contribution in [0.1, 0.15) is 18.1 Å². The van der Waals surface area contributed by atoms with Crippen molar-refractivity contribution >= 4 is 0 Å². The molecule has 1 aromatic heterocycles. The molecule has 0 saturated heterocycles. The lowest BCUT2D eigenvalue weighted by Crippen LogP contribution is -2.01. The number of aromatic amines is 1. The largest absolute Gasteiger partial charge is 0.330 e. The minimum atomic E-state index is 0.702. The third kappa shape index (κ3) is 1.80. The normalized spacial score (nSPS) is 10.2. The first-order valence-corrected chi connectivity index (χ1v) is 3.41. The van der Waals surface area contributed by atoms with Crippen molar-refractivity contribution in [2.24, 2.45) is 5.73 Å². The van der Waals surface area contributed by atoms with Crippen molar-refractivity contribution in [2.45, 2.75) is 19.8 Å². The van der Waals surface area contributed by atoms with Crippen molar-refractivity contribution in [3.63, 3.8) is 0 Å². The van der Waals surface area contributed by atoms with Gasteiger partial charge in [-0.2, -0.15) is 5.10 Å². The number of H-pyrrole nitrogens is 1. The van der Waals surface area contributed by atoms with E-state index < -0.39 is 0 Å². The van der Waals surface area contributed by atoms with E-state index in [0.29, 0.717) is 6.54 Å². The summed E-state index contributed by atoms with van der Waals surface area (Å²) in [4.78, 5) is 4.13. The number of nitrogens with zero attached hydrogens (tertiary/aromatic N) is 2. The van der Waals surface area contributed by atoms with Crippen LogP contribution >= 0.6 is 0 Å². The van der Waals surface area contributed by atoms with Gasteiger partial charge in [0, 0.05) is 6.42 Å². The van der Waals surface area contributed by atoms with Crippen molar-refractivity contribution < 1.29 is 0 Å². The van der Waals surface area contributed by atoms with Gasteiger partial charge in [-0.15, -0.1) is 0 Å². The number of rotatable bonds is 3. The first kappa shape index (κ1) is 7.21. The molecule has 1 heterocycles. The topological polar surface area (TPSA) is 67.6 Å². The second kappa shape index (κ2) is 3.31. The second-order valence-electron chi connectivity index (χ2n) is 2.23. The van der Waals surface area contributed by atoms with E-state index in [2.05, 4.69) is 15.2 Å². The summed E-state index contributed by atoms with van der Waals surface area (Å²) in [6.07, 6.45) is 1.83. The molecule has 0 unspecified atom stereocenters. The molecular formula is C6H12N4. The van der Waals surface area contributed by atoms with Gasteiger partial charge in [-0.3, -0.25) is 5.10 Å². The summed E-state index contributed by atoms with van der Waals surface area (Å²) in [5.41, 5.74) is 5.32. The fraction of sp³-hybridized carbons (Fsp3) is 0.667. The van der Waals surface area contributed by atoms with Crippen LogP contribution in [0.15, 0.2) is 0 Å². The molecule has 0 saturated carbocycles. The zero-order valence-electron chi connectivity index (χ0n) is 6.09. The Morgan fingerprint density at radius 1 is 1.60 bits per heavy atom. The summed E-state index contributed by atoms with van der Waals surface area (Å²) < 4.78 is 0. The Kier molecular flexibility index (Phi) is 2.39. The molecule has 4 nitrogen and oxygen atoms in total. The first-order chi connectivity index (χ1) is 4.83. The molecule has 10 heavy (non-hydrogen) atoms. The van der Waals surface area contributed by atoms with E-state index in [4.69, 9.17) is 5.73 Å². The van der Waals surface area contributed by atoms with Gasteiger partial charge in [0.15, 0.2) is 5.82 Å². The van der Waals surface area contributed by atoms with Gasteiger partial charge in [0.25, 0.3) is 0 Å². The second-order valence-corrected chi connectivity index (χ2v) is 2.23. The Hall–Kier alpha value is -0.900. The van der Waals surface area contributed by atoms with Crippen LogP contribution in [0.3, 0.4) is 0 Å². The Morgan fingerprint density at radius 2 is 2.40 bits per heavy atom. The monoisotopic (exact) mass is 140 g/mol. The molecule has 0 aliphatic heterocycles. The van der Waals surface area contributed by atoms with Gasteiger partial charge in [-0.25, -0.2) is 4.98 Å². The molecule has 3 N–H and O–H groups in total. The number of aromatic nitrogens is 3. The van der Waals surface area contributed by atoms with Crippen molar-refractivity contribution in [1.82, 2.24) is 15.2 Å². The highest BCUT2D eigenvalue weighted by Gasteiger charge is 1.96. The maximum atomic E-state index is 5.32. The van der Waals surface area contributed by atoms with Gasteiger partial charge in [0.05, 0.1) is 0 Å². The van der Waals surface area contributed by atoms with Gasteiger partial charge in [-0.05, 0) is 19.9 Å². The molecule has 4 heteroatoms. The maximum Gasteiger partial charge on any atom is 0.150 e. The smallest absolute Gasteiger partial charge is 0.150 e. The molecule has 1 rings (SSSR count). The van der Waals surface area contributed by atoms with E-state index in [0.717, 1.165) is 24.5 Å². The average molecular weight is 140 g/mol. The lowest BCUT2D eigenvalue weighted by Gasteiger charge is -1.88. The molecular weight excluding hydrogens is 128 g/mol.